The van der Waals surface area contributed by atoms with Gasteiger partial charge < -0.3 is 0 Å². The molecule has 0 amide bonds. The van der Waals surface area contributed by atoms with E-state index < -0.39 is 40.9 Å². The van der Waals surface area contributed by atoms with Gasteiger partial charge in [-0.15, -0.1) is 0 Å². The maximum atomic E-state index is 13.2. The summed E-state index contributed by atoms with van der Waals surface area (Å²) in [5.41, 5.74) is -8.58. The van der Waals surface area contributed by atoms with Gasteiger partial charge in [-0.3, -0.25) is 4.99 Å². The van der Waals surface area contributed by atoms with E-state index in [0.717, 1.165) is 0 Å². The van der Waals surface area contributed by atoms with Gasteiger partial charge in [0, 0.05) is 12.4 Å². The largest absolute Gasteiger partial charge is 0.433 e. The van der Waals surface area contributed by atoms with Gasteiger partial charge in [0.05, 0.1) is 0 Å². The van der Waals surface area contributed by atoms with Gasteiger partial charge >= 0.3 is 18.5 Å². The number of hydrogen-bond donors (Lipinski definition) is 0. The van der Waals surface area contributed by atoms with E-state index in [1.54, 1.807) is 0 Å². The normalized spacial score (nSPS) is 22.0. The van der Waals surface area contributed by atoms with E-state index in [1.165, 1.54) is 0 Å². The molecule has 0 N–H and O–H groups in total. The molecule has 0 saturated carbocycles. The van der Waals surface area contributed by atoms with Crippen molar-refractivity contribution in [3.63, 3.8) is 0 Å². The summed E-state index contributed by atoms with van der Waals surface area (Å²) in [6, 6.07) is -0.130. The first-order valence-corrected chi connectivity index (χ1v) is 5.73. The highest BCUT2D eigenvalue weighted by Crippen LogP contribution is 2.45. The molecule has 0 bridgehead atoms. The fourth-order valence-corrected chi connectivity index (χ4v) is 1.93. The molecular formula is C12H5F9N2. The molecule has 1 aliphatic rings. The van der Waals surface area contributed by atoms with Crippen LogP contribution in [0, 0.1) is 0 Å². The number of pyridine rings is 1. The molecule has 1 unspecified atom stereocenters. The summed E-state index contributed by atoms with van der Waals surface area (Å²) in [5.74, 6) is 0. The molecule has 0 radical (unpaired) electrons. The van der Waals surface area contributed by atoms with Crippen LogP contribution < -0.4 is 0 Å². The molecule has 126 valence electrons. The van der Waals surface area contributed by atoms with Crippen molar-refractivity contribution >= 4 is 6.21 Å². The molecule has 1 atom stereocenters. The first-order valence-electron chi connectivity index (χ1n) is 5.73. The maximum absolute atomic E-state index is 13.2. The molecule has 23 heavy (non-hydrogen) atoms. The zero-order valence-electron chi connectivity index (χ0n) is 10.7. The van der Waals surface area contributed by atoms with Crippen molar-refractivity contribution < 1.29 is 39.5 Å². The van der Waals surface area contributed by atoms with Crippen LogP contribution in [0.15, 0.2) is 29.4 Å². The molecular weight excluding hydrogens is 343 g/mol. The number of aromatic nitrogens is 1. The minimum atomic E-state index is -5.34. The molecule has 1 aromatic rings. The van der Waals surface area contributed by atoms with Crippen LogP contribution in [0.5, 0.6) is 0 Å². The summed E-state index contributed by atoms with van der Waals surface area (Å²) < 4.78 is 116. The van der Waals surface area contributed by atoms with Gasteiger partial charge in [0.25, 0.3) is 0 Å². The van der Waals surface area contributed by atoms with Crippen LogP contribution in [-0.4, -0.2) is 17.4 Å². The van der Waals surface area contributed by atoms with Crippen molar-refractivity contribution in [2.24, 2.45) is 4.99 Å². The lowest BCUT2D eigenvalue weighted by atomic mass is 9.81. The minimum absolute atomic E-state index is 0.0651. The molecule has 11 heteroatoms. The zero-order valence-corrected chi connectivity index (χ0v) is 10.7. The minimum Gasteiger partial charge on any atom is -0.268 e. The predicted octanol–water partition coefficient (Wildman–Crippen LogP) is 4.52. The van der Waals surface area contributed by atoms with E-state index in [2.05, 4.69) is 9.98 Å². The summed E-state index contributed by atoms with van der Waals surface area (Å²) in [6.07, 6.45) is -14.6. The second-order valence-corrected chi connectivity index (χ2v) is 4.58. The number of halogens is 9. The number of rotatable bonds is 1. The highest BCUT2D eigenvalue weighted by atomic mass is 19.4. The average Bonchev–Trinajstić information content (AvgIpc) is 2.86. The van der Waals surface area contributed by atoms with Gasteiger partial charge in [-0.05, 0) is 23.8 Å². The van der Waals surface area contributed by atoms with Crippen LogP contribution in [0.1, 0.15) is 17.0 Å². The third-order valence-electron chi connectivity index (χ3n) is 3.05. The molecule has 0 aliphatic carbocycles. The Morgan fingerprint density at radius 1 is 0.783 bits per heavy atom. The highest BCUT2D eigenvalue weighted by Gasteiger charge is 2.56. The second kappa shape index (κ2) is 4.96. The van der Waals surface area contributed by atoms with Gasteiger partial charge in [-0.25, -0.2) is 4.98 Å². The van der Waals surface area contributed by atoms with Crippen molar-refractivity contribution in [1.29, 1.82) is 0 Å². The van der Waals surface area contributed by atoms with Gasteiger partial charge in [-0.1, -0.05) is 0 Å². The van der Waals surface area contributed by atoms with Gasteiger partial charge in [0.1, 0.15) is 16.8 Å². The van der Waals surface area contributed by atoms with E-state index in [-0.39, 0.29) is 18.3 Å². The highest BCUT2D eigenvalue weighted by molar-refractivity contribution is 5.81. The molecule has 0 spiro atoms. The Balaban J connectivity index is 2.77. The Morgan fingerprint density at radius 3 is 1.57 bits per heavy atom. The van der Waals surface area contributed by atoms with E-state index in [1.807, 2.05) is 0 Å². The Morgan fingerprint density at radius 2 is 1.26 bits per heavy atom. The molecule has 2 heterocycles. The fraction of sp³-hybridized carbons (Fsp3) is 0.333. The number of nitrogens with zero attached hydrogens (tertiary/aromatic N) is 2. The SMILES string of the molecule is FC(F)(F)c1cc(C2(C(F)(F)F)C=CN=C2)cc(C(F)(F)F)n1. The summed E-state index contributed by atoms with van der Waals surface area (Å²) >= 11 is 0. The summed E-state index contributed by atoms with van der Waals surface area (Å²) in [5, 5.41) is 0. The lowest BCUT2D eigenvalue weighted by Gasteiger charge is -2.28. The lowest BCUT2D eigenvalue weighted by molar-refractivity contribution is -0.158. The van der Waals surface area contributed by atoms with Gasteiger partial charge in [-0.2, -0.15) is 39.5 Å². The first kappa shape index (κ1) is 17.3. The molecule has 1 aliphatic heterocycles. The topological polar surface area (TPSA) is 25.2 Å². The molecule has 1 aromatic heterocycles. The third-order valence-corrected chi connectivity index (χ3v) is 3.05. The Hall–Kier alpha value is -2.07. The molecule has 0 fully saturated rings. The van der Waals surface area contributed by atoms with E-state index in [4.69, 9.17) is 0 Å². The van der Waals surface area contributed by atoms with Crippen molar-refractivity contribution in [2.75, 3.05) is 0 Å². The van der Waals surface area contributed by atoms with Gasteiger partial charge in [0.15, 0.2) is 0 Å². The average molecular weight is 348 g/mol. The molecule has 2 rings (SSSR count). The fourth-order valence-electron chi connectivity index (χ4n) is 1.93. The Labute approximate surface area is 122 Å². The van der Waals surface area contributed by atoms with E-state index in [0.29, 0.717) is 12.3 Å². The smallest absolute Gasteiger partial charge is 0.268 e. The Kier molecular flexibility index (Phi) is 3.73. The lowest BCUT2D eigenvalue weighted by Crippen LogP contribution is -2.41. The van der Waals surface area contributed by atoms with Crippen LogP contribution in [0.4, 0.5) is 39.5 Å². The maximum Gasteiger partial charge on any atom is 0.433 e. The van der Waals surface area contributed by atoms with Crippen molar-refractivity contribution in [2.45, 2.75) is 23.9 Å². The standard InChI is InChI=1S/C12H5F9N2/c13-10(14,15)7-3-6(4-8(23-7)11(16,17)18)9(12(19,20)21)1-2-22-5-9/h1-5H. The third kappa shape index (κ3) is 3.04. The summed E-state index contributed by atoms with van der Waals surface area (Å²) in [4.78, 5) is 5.53. The zero-order chi connectivity index (χ0) is 17.7. The number of aliphatic imine (C=N–C) groups is 1. The number of alkyl halides is 9. The van der Waals surface area contributed by atoms with Crippen molar-refractivity contribution in [3.8, 4) is 0 Å². The van der Waals surface area contributed by atoms with Crippen LogP contribution in [0.3, 0.4) is 0 Å². The van der Waals surface area contributed by atoms with Crippen LogP contribution in [0.25, 0.3) is 0 Å². The van der Waals surface area contributed by atoms with Crippen LogP contribution >= 0.6 is 0 Å². The van der Waals surface area contributed by atoms with Crippen molar-refractivity contribution in [3.05, 3.63) is 41.4 Å². The quantitative estimate of drug-likeness (QED) is 0.685. The van der Waals surface area contributed by atoms with E-state index in [9.17, 15) is 39.5 Å². The molecule has 2 nitrogen and oxygen atoms in total. The van der Waals surface area contributed by atoms with Crippen LogP contribution in [-0.2, 0) is 17.8 Å². The van der Waals surface area contributed by atoms with Crippen molar-refractivity contribution in [1.82, 2.24) is 4.98 Å². The van der Waals surface area contributed by atoms with Crippen LogP contribution in [0.2, 0.25) is 0 Å². The summed E-state index contributed by atoms with van der Waals surface area (Å²) in [7, 11) is 0. The summed E-state index contributed by atoms with van der Waals surface area (Å²) in [6.45, 7) is 0. The Bertz CT molecular complexity index is 620. The first-order chi connectivity index (χ1) is 10.3. The predicted molar refractivity (Wildman–Crippen MR) is 59.6 cm³/mol. The molecule has 0 saturated heterocycles. The van der Waals surface area contributed by atoms with Gasteiger partial charge in [0.2, 0.25) is 0 Å². The monoisotopic (exact) mass is 348 g/mol. The molecule has 0 aromatic carbocycles. The number of allylic oxidation sites excluding steroid dienone is 1. The van der Waals surface area contributed by atoms with E-state index >= 15 is 0 Å². The second-order valence-electron chi connectivity index (χ2n) is 4.58. The number of hydrogen-bond acceptors (Lipinski definition) is 2.